The van der Waals surface area contributed by atoms with Crippen molar-refractivity contribution in [1.29, 1.82) is 0 Å². The van der Waals surface area contributed by atoms with Crippen molar-refractivity contribution >= 4 is 17.0 Å². The third kappa shape index (κ3) is 2.85. The lowest BCUT2D eigenvalue weighted by Crippen LogP contribution is -2.25. The van der Waals surface area contributed by atoms with Gasteiger partial charge in [-0.25, -0.2) is 9.07 Å². The summed E-state index contributed by atoms with van der Waals surface area (Å²) in [5.74, 6) is 0.588. The van der Waals surface area contributed by atoms with Crippen LogP contribution < -0.4 is 10.5 Å². The number of halogens is 1. The van der Waals surface area contributed by atoms with Gasteiger partial charge in [-0.1, -0.05) is 30.3 Å². The molecule has 2 aromatic heterocycles. The number of para-hydroxylation sites is 1. The number of hydrogen-bond donors (Lipinski definition) is 1. The summed E-state index contributed by atoms with van der Waals surface area (Å²) in [5, 5.41) is 4.81. The number of rotatable bonds is 3. The van der Waals surface area contributed by atoms with Crippen LogP contribution in [-0.4, -0.2) is 32.8 Å². The average molecular weight is 375 g/mol. The second-order valence-electron chi connectivity index (χ2n) is 7.00. The van der Waals surface area contributed by atoms with Gasteiger partial charge in [-0.2, -0.15) is 10.1 Å². The molecule has 2 aromatic carbocycles. The van der Waals surface area contributed by atoms with Crippen molar-refractivity contribution in [1.82, 2.24) is 19.7 Å². The van der Waals surface area contributed by atoms with Crippen LogP contribution in [-0.2, 0) is 0 Å². The van der Waals surface area contributed by atoms with E-state index in [-0.39, 0.29) is 17.3 Å². The Morgan fingerprint density at radius 3 is 2.64 bits per heavy atom. The van der Waals surface area contributed by atoms with Crippen molar-refractivity contribution in [3.8, 4) is 5.69 Å². The first-order valence-electron chi connectivity index (χ1n) is 9.23. The maximum atomic E-state index is 13.2. The van der Waals surface area contributed by atoms with E-state index < -0.39 is 0 Å². The van der Waals surface area contributed by atoms with Crippen LogP contribution >= 0.6 is 0 Å². The van der Waals surface area contributed by atoms with Crippen molar-refractivity contribution in [2.75, 3.05) is 18.0 Å². The van der Waals surface area contributed by atoms with Crippen LogP contribution in [0.4, 0.5) is 10.3 Å². The molecular formula is C21H18FN5O. The van der Waals surface area contributed by atoms with Crippen molar-refractivity contribution in [2.24, 2.45) is 0 Å². The Hall–Kier alpha value is -3.48. The summed E-state index contributed by atoms with van der Waals surface area (Å²) in [6.45, 7) is 1.50. The van der Waals surface area contributed by atoms with Gasteiger partial charge in [0.05, 0.1) is 11.9 Å². The van der Waals surface area contributed by atoms with Gasteiger partial charge in [0.15, 0.2) is 5.65 Å². The number of benzene rings is 2. The monoisotopic (exact) mass is 375 g/mol. The van der Waals surface area contributed by atoms with E-state index in [9.17, 15) is 9.18 Å². The summed E-state index contributed by atoms with van der Waals surface area (Å²) >= 11 is 0. The molecule has 1 N–H and O–H groups in total. The van der Waals surface area contributed by atoms with E-state index in [0.717, 1.165) is 30.8 Å². The summed E-state index contributed by atoms with van der Waals surface area (Å²) in [6, 6.07) is 16.3. The number of fused-ring (bicyclic) bond motifs is 1. The van der Waals surface area contributed by atoms with Gasteiger partial charge < -0.3 is 4.90 Å². The van der Waals surface area contributed by atoms with Gasteiger partial charge in [0, 0.05) is 19.0 Å². The molecule has 0 bridgehead atoms. The number of hydrogen-bond acceptors (Lipinski definition) is 4. The minimum Gasteiger partial charge on any atom is -0.342 e. The van der Waals surface area contributed by atoms with Gasteiger partial charge in [-0.15, -0.1) is 0 Å². The molecule has 0 radical (unpaired) electrons. The van der Waals surface area contributed by atoms with E-state index in [1.807, 2.05) is 42.5 Å². The predicted octanol–water partition coefficient (Wildman–Crippen LogP) is 3.24. The Bertz CT molecular complexity index is 1180. The summed E-state index contributed by atoms with van der Waals surface area (Å²) in [6.07, 6.45) is 2.47. The zero-order valence-electron chi connectivity index (χ0n) is 15.0. The molecule has 6 nitrogen and oxygen atoms in total. The quantitative estimate of drug-likeness (QED) is 0.597. The lowest BCUT2D eigenvalue weighted by Gasteiger charge is -2.17. The van der Waals surface area contributed by atoms with Crippen LogP contribution in [0.3, 0.4) is 0 Å². The highest BCUT2D eigenvalue weighted by atomic mass is 19.1. The van der Waals surface area contributed by atoms with Gasteiger partial charge in [-0.3, -0.25) is 9.78 Å². The molecule has 0 unspecified atom stereocenters. The van der Waals surface area contributed by atoms with Crippen molar-refractivity contribution in [3.05, 3.63) is 82.5 Å². The highest BCUT2D eigenvalue weighted by Gasteiger charge is 2.26. The van der Waals surface area contributed by atoms with E-state index in [1.165, 1.54) is 12.1 Å². The Kier molecular flexibility index (Phi) is 3.93. The van der Waals surface area contributed by atoms with Gasteiger partial charge in [0.1, 0.15) is 11.2 Å². The van der Waals surface area contributed by atoms with Crippen molar-refractivity contribution in [3.63, 3.8) is 0 Å². The van der Waals surface area contributed by atoms with Crippen molar-refractivity contribution in [2.45, 2.75) is 12.3 Å². The molecule has 1 saturated heterocycles. The van der Waals surface area contributed by atoms with Crippen molar-refractivity contribution < 1.29 is 4.39 Å². The number of anilines is 1. The molecule has 1 atom stereocenters. The lowest BCUT2D eigenvalue weighted by molar-refractivity contribution is 0.625. The smallest absolute Gasteiger partial charge is 0.263 e. The van der Waals surface area contributed by atoms with Crippen LogP contribution in [0.1, 0.15) is 17.9 Å². The summed E-state index contributed by atoms with van der Waals surface area (Å²) in [4.78, 5) is 22.2. The Morgan fingerprint density at radius 1 is 1.07 bits per heavy atom. The minimum atomic E-state index is -0.232. The fourth-order valence-corrected chi connectivity index (χ4v) is 3.77. The van der Waals surface area contributed by atoms with Gasteiger partial charge in [0.2, 0.25) is 5.95 Å². The second kappa shape index (κ2) is 6.60. The highest BCUT2D eigenvalue weighted by molar-refractivity contribution is 5.76. The zero-order valence-corrected chi connectivity index (χ0v) is 15.0. The lowest BCUT2D eigenvalue weighted by atomic mass is 9.99. The Balaban J connectivity index is 1.50. The molecule has 5 rings (SSSR count). The van der Waals surface area contributed by atoms with Crippen LogP contribution in [0, 0.1) is 5.82 Å². The Labute approximate surface area is 160 Å². The number of nitrogens with one attached hydrogen (secondary N) is 1. The third-order valence-electron chi connectivity index (χ3n) is 5.26. The maximum Gasteiger partial charge on any atom is 0.263 e. The normalized spacial score (nSPS) is 16.8. The van der Waals surface area contributed by atoms with E-state index in [2.05, 4.69) is 15.0 Å². The van der Waals surface area contributed by atoms with Crippen LogP contribution in [0.2, 0.25) is 0 Å². The zero-order chi connectivity index (χ0) is 19.1. The number of aromatic amines is 1. The number of nitrogens with zero attached hydrogens (tertiary/aromatic N) is 4. The second-order valence-corrected chi connectivity index (χ2v) is 7.00. The molecule has 28 heavy (non-hydrogen) atoms. The molecule has 0 amide bonds. The molecule has 1 aliphatic heterocycles. The molecule has 0 spiro atoms. The molecule has 1 aliphatic rings. The number of aromatic nitrogens is 4. The van der Waals surface area contributed by atoms with E-state index >= 15 is 0 Å². The third-order valence-corrected chi connectivity index (χ3v) is 5.26. The molecule has 140 valence electrons. The van der Waals surface area contributed by atoms with E-state index in [1.54, 1.807) is 10.9 Å². The van der Waals surface area contributed by atoms with Gasteiger partial charge in [-0.05, 0) is 36.2 Å². The fraction of sp³-hybridized carbons (Fsp3) is 0.190. The topological polar surface area (TPSA) is 66.8 Å². The Morgan fingerprint density at radius 2 is 1.86 bits per heavy atom. The van der Waals surface area contributed by atoms with Gasteiger partial charge in [0.25, 0.3) is 5.56 Å². The summed E-state index contributed by atoms with van der Waals surface area (Å²) in [7, 11) is 0. The fourth-order valence-electron chi connectivity index (χ4n) is 3.77. The SMILES string of the molecule is O=c1[nH]c(N2CC[C@H](c3ccc(F)cc3)C2)nc2c1cnn2-c1ccccc1. The van der Waals surface area contributed by atoms with Crippen LogP contribution in [0.15, 0.2) is 65.6 Å². The largest absolute Gasteiger partial charge is 0.342 e. The standard InChI is InChI=1S/C21H18FN5O/c22-16-8-6-14(7-9-16)15-10-11-26(13-15)21-24-19-18(20(28)25-21)12-23-27(19)17-4-2-1-3-5-17/h1-9,12,15H,10-11,13H2,(H,24,25,28)/t15-/m0/s1. The molecule has 7 heteroatoms. The van der Waals surface area contributed by atoms with E-state index in [0.29, 0.717) is 17.0 Å². The molecule has 4 aromatic rings. The molecule has 0 aliphatic carbocycles. The molecular weight excluding hydrogens is 357 g/mol. The summed E-state index contributed by atoms with van der Waals surface area (Å²) in [5.41, 5.74) is 2.29. The average Bonchev–Trinajstić information content (AvgIpc) is 3.37. The van der Waals surface area contributed by atoms with Crippen LogP contribution in [0.5, 0.6) is 0 Å². The molecule has 0 saturated carbocycles. The maximum absolute atomic E-state index is 13.2. The molecule has 3 heterocycles. The summed E-state index contributed by atoms with van der Waals surface area (Å²) < 4.78 is 14.9. The molecule has 1 fully saturated rings. The first kappa shape index (κ1) is 16.7. The first-order chi connectivity index (χ1) is 13.7. The highest BCUT2D eigenvalue weighted by Crippen LogP contribution is 2.29. The van der Waals surface area contributed by atoms with Crippen LogP contribution in [0.25, 0.3) is 16.7 Å². The van der Waals surface area contributed by atoms with Gasteiger partial charge >= 0.3 is 0 Å². The van der Waals surface area contributed by atoms with E-state index in [4.69, 9.17) is 4.98 Å². The predicted molar refractivity (Wildman–Crippen MR) is 105 cm³/mol. The number of H-pyrrole nitrogens is 1. The minimum absolute atomic E-state index is 0.201. The first-order valence-corrected chi connectivity index (χ1v) is 9.23.